The minimum absolute atomic E-state index is 0.266. The van der Waals surface area contributed by atoms with E-state index >= 15 is 0 Å². The number of aromatic nitrogens is 4. The smallest absolute Gasteiger partial charge is 0.148 e. The average molecular weight is 795 g/mol. The summed E-state index contributed by atoms with van der Waals surface area (Å²) in [4.78, 5) is 22.1. The van der Waals surface area contributed by atoms with E-state index in [1.165, 1.54) is 56.9 Å². The van der Waals surface area contributed by atoms with Gasteiger partial charge in [-0.2, -0.15) is 0 Å². The monoisotopic (exact) mass is 794 g/mol. The largest absolute Gasteiger partial charge is 0.352 e. The van der Waals surface area contributed by atoms with Crippen LogP contribution in [0.5, 0.6) is 0 Å². The predicted molar refractivity (Wildman–Crippen MR) is 224 cm³/mol. The van der Waals surface area contributed by atoms with Crippen LogP contribution in [0.3, 0.4) is 0 Å². The first-order chi connectivity index (χ1) is 26.4. The number of pyridine rings is 2. The van der Waals surface area contributed by atoms with Gasteiger partial charge in [-0.05, 0) is 100 Å². The zero-order chi connectivity index (χ0) is 36.8. The highest BCUT2D eigenvalue weighted by molar-refractivity contribution is 7.20. The molecule has 2 aliphatic heterocycles. The van der Waals surface area contributed by atoms with Crippen LogP contribution in [-0.2, 0) is 0 Å². The summed E-state index contributed by atoms with van der Waals surface area (Å²) in [7, 11) is 0. The van der Waals surface area contributed by atoms with Crippen molar-refractivity contribution < 1.29 is 8.78 Å². The average Bonchev–Trinajstić information content (AvgIpc) is 3.99. The minimum atomic E-state index is -0.278. The Hall–Kier alpha value is -4.44. The van der Waals surface area contributed by atoms with Gasteiger partial charge in [-0.3, -0.25) is 0 Å². The molecule has 1 saturated heterocycles. The molecule has 6 aromatic heterocycles. The highest BCUT2D eigenvalue weighted by Crippen LogP contribution is 2.40. The van der Waals surface area contributed by atoms with Crippen LogP contribution in [0.4, 0.5) is 31.5 Å². The predicted octanol–water partition coefficient (Wildman–Crippen LogP) is 11.2. The van der Waals surface area contributed by atoms with Crippen LogP contribution < -0.4 is 21.3 Å². The molecule has 2 aliphatic rings. The first-order valence-corrected chi connectivity index (χ1v) is 21.3. The van der Waals surface area contributed by atoms with Gasteiger partial charge in [0.15, 0.2) is 0 Å². The zero-order valence-electron chi connectivity index (χ0n) is 29.5. The molecule has 1 unspecified atom stereocenters. The molecular formula is C40H36F2N8S4. The Morgan fingerprint density at radius 2 is 1.33 bits per heavy atom. The topological polar surface area (TPSA) is 99.7 Å². The van der Waals surface area contributed by atoms with Crippen LogP contribution in [-0.4, -0.2) is 45.1 Å². The first kappa shape index (κ1) is 35.3. The van der Waals surface area contributed by atoms with E-state index in [0.29, 0.717) is 29.4 Å². The lowest BCUT2D eigenvalue weighted by molar-refractivity contribution is 0.375. The Balaban J connectivity index is 0.000000142. The second-order valence-electron chi connectivity index (χ2n) is 13.6. The summed E-state index contributed by atoms with van der Waals surface area (Å²) in [6, 6.07) is 15.6. The number of rotatable bonds is 6. The van der Waals surface area contributed by atoms with Gasteiger partial charge in [0.05, 0.1) is 54.2 Å². The van der Waals surface area contributed by atoms with Gasteiger partial charge in [-0.15, -0.1) is 45.3 Å². The molecule has 0 aliphatic carbocycles. The number of thiophene rings is 2. The Morgan fingerprint density at radius 1 is 0.704 bits per heavy atom. The van der Waals surface area contributed by atoms with Gasteiger partial charge in [0.25, 0.3) is 0 Å². The third kappa shape index (κ3) is 6.98. The van der Waals surface area contributed by atoms with Crippen molar-refractivity contribution in [2.45, 2.75) is 51.1 Å². The second kappa shape index (κ2) is 15.0. The number of hydrogen-bond donors (Lipinski definition) is 4. The van der Waals surface area contributed by atoms with Crippen molar-refractivity contribution in [2.24, 2.45) is 0 Å². The molecule has 8 heterocycles. The summed E-state index contributed by atoms with van der Waals surface area (Å²) in [5.41, 5.74) is 9.00. The number of piperidine rings is 1. The van der Waals surface area contributed by atoms with Crippen LogP contribution in [0.2, 0.25) is 0 Å². The lowest BCUT2D eigenvalue weighted by Gasteiger charge is -2.29. The summed E-state index contributed by atoms with van der Waals surface area (Å²) in [6.07, 6.45) is 9.27. The Kier molecular flexibility index (Phi) is 9.80. The maximum Gasteiger partial charge on any atom is 0.148 e. The third-order valence-electron chi connectivity index (χ3n) is 10.1. The molecule has 2 aromatic carbocycles. The van der Waals surface area contributed by atoms with Gasteiger partial charge >= 0.3 is 0 Å². The molecule has 274 valence electrons. The number of anilines is 4. The molecule has 0 bridgehead atoms. The summed E-state index contributed by atoms with van der Waals surface area (Å²) >= 11 is 6.31. The van der Waals surface area contributed by atoms with Gasteiger partial charge in [-0.1, -0.05) is 6.08 Å². The van der Waals surface area contributed by atoms with Crippen molar-refractivity contribution in [3.63, 3.8) is 0 Å². The number of thiazole rings is 2. The maximum absolute atomic E-state index is 14.5. The van der Waals surface area contributed by atoms with E-state index in [9.17, 15) is 8.78 Å². The van der Waals surface area contributed by atoms with E-state index in [4.69, 9.17) is 0 Å². The third-order valence-corrected chi connectivity index (χ3v) is 14.0. The van der Waals surface area contributed by atoms with E-state index in [1.54, 1.807) is 64.3 Å². The lowest BCUT2D eigenvalue weighted by Crippen LogP contribution is -2.37. The van der Waals surface area contributed by atoms with Gasteiger partial charge in [0, 0.05) is 50.9 Å². The maximum atomic E-state index is 14.5. The molecule has 3 atom stereocenters. The molecule has 0 radical (unpaired) electrons. The van der Waals surface area contributed by atoms with Crippen LogP contribution in [0.25, 0.3) is 46.4 Å². The molecule has 4 N–H and O–H groups in total. The molecule has 0 amide bonds. The lowest BCUT2D eigenvalue weighted by atomic mass is 9.90. The van der Waals surface area contributed by atoms with Crippen molar-refractivity contribution in [3.8, 4) is 0 Å². The molecule has 10 rings (SSSR count). The normalized spacial score (nSPS) is 18.9. The molecule has 1 fully saturated rings. The van der Waals surface area contributed by atoms with Crippen molar-refractivity contribution in [1.82, 2.24) is 30.6 Å². The summed E-state index contributed by atoms with van der Waals surface area (Å²) in [5.74, 6) is -0.0360. The van der Waals surface area contributed by atoms with Gasteiger partial charge in [-0.25, -0.2) is 28.7 Å². The second-order valence-corrected chi connectivity index (χ2v) is 17.4. The van der Waals surface area contributed by atoms with Gasteiger partial charge < -0.3 is 21.3 Å². The number of benzene rings is 2. The number of hydrogen-bond acceptors (Lipinski definition) is 12. The van der Waals surface area contributed by atoms with Crippen molar-refractivity contribution >= 4 is 115 Å². The van der Waals surface area contributed by atoms with E-state index in [1.807, 2.05) is 12.1 Å². The molecule has 8 aromatic rings. The standard InChI is InChI=1S/C20H19FN4S2.C20H17FN4S2/c2*1-11-12(3-2-5-22-11)18-7-13-15(4-6-23-20(13)27-18)25-16-9-17-19(8-14(16)21)26-10-24-17/h4,6-12,22H,2-3,5H2,1H3,(H,23,25);3-4,6-11,22H,2,5H2,1H3,(H,23,25)/t11-,12?;11-/m11/s1. The fraction of sp³-hybridized carbons (Fsp3) is 0.250. The Labute approximate surface area is 326 Å². The fourth-order valence-electron chi connectivity index (χ4n) is 7.24. The van der Waals surface area contributed by atoms with E-state index < -0.39 is 0 Å². The van der Waals surface area contributed by atoms with Crippen LogP contribution in [0, 0.1) is 11.6 Å². The number of nitrogens with one attached hydrogen (secondary N) is 4. The minimum Gasteiger partial charge on any atom is -0.352 e. The van der Waals surface area contributed by atoms with Gasteiger partial charge in [0.1, 0.15) is 21.3 Å². The van der Waals surface area contributed by atoms with Gasteiger partial charge in [0.2, 0.25) is 0 Å². The quantitative estimate of drug-likeness (QED) is 0.132. The molecule has 8 nitrogen and oxygen atoms in total. The summed E-state index contributed by atoms with van der Waals surface area (Å²) in [5, 5.41) is 15.6. The molecule has 14 heteroatoms. The Morgan fingerprint density at radius 3 is 1.96 bits per heavy atom. The highest BCUT2D eigenvalue weighted by atomic mass is 32.1. The van der Waals surface area contributed by atoms with Crippen molar-refractivity contribution in [1.29, 1.82) is 0 Å². The molecule has 54 heavy (non-hydrogen) atoms. The van der Waals surface area contributed by atoms with E-state index in [0.717, 1.165) is 71.8 Å². The number of fused-ring (bicyclic) bond motifs is 4. The molecular weight excluding hydrogens is 759 g/mol. The van der Waals surface area contributed by atoms with E-state index in [2.05, 4.69) is 73.3 Å². The number of halogens is 2. The van der Waals surface area contributed by atoms with Crippen molar-refractivity contribution in [2.75, 3.05) is 23.7 Å². The van der Waals surface area contributed by atoms with Crippen LogP contribution >= 0.6 is 45.3 Å². The summed E-state index contributed by atoms with van der Waals surface area (Å²) < 4.78 is 30.7. The summed E-state index contributed by atoms with van der Waals surface area (Å²) in [6.45, 7) is 6.53. The SMILES string of the molecule is C[C@H]1NCCC=C1c1cc2c(Nc3cc4ncsc4cc3F)ccnc2s1.C[C@H]1NCCCC1c1cc2c(Nc3cc4ncsc4cc3F)ccnc2s1. The molecule has 0 spiro atoms. The van der Waals surface area contributed by atoms with Crippen molar-refractivity contribution in [3.05, 3.63) is 99.4 Å². The highest BCUT2D eigenvalue weighted by Gasteiger charge is 2.25. The van der Waals surface area contributed by atoms with Crippen LogP contribution in [0.1, 0.15) is 48.8 Å². The first-order valence-electron chi connectivity index (χ1n) is 17.9. The van der Waals surface area contributed by atoms with E-state index in [-0.39, 0.29) is 11.6 Å². The zero-order valence-corrected chi connectivity index (χ0v) is 32.7. The van der Waals surface area contributed by atoms with Crippen LogP contribution in [0.15, 0.2) is 78.0 Å². The number of nitrogens with zero attached hydrogens (tertiary/aromatic N) is 4. The fourth-order valence-corrected chi connectivity index (χ4v) is 11.0. The Bertz CT molecular complexity index is 2660. The molecule has 0 saturated carbocycles.